The smallest absolute Gasteiger partial charge is 0.358 e. The maximum Gasteiger partial charge on any atom is 0.358 e. The molecule has 1 N–H and O–H groups in total. The molecule has 9 heteroatoms. The number of hydrogen-bond acceptors (Lipinski definition) is 3. The van der Waals surface area contributed by atoms with Gasteiger partial charge in [0, 0.05) is 18.7 Å². The van der Waals surface area contributed by atoms with E-state index in [1.54, 1.807) is 0 Å². The molecule has 0 spiro atoms. The number of ether oxygens (including phenoxy) is 2. The van der Waals surface area contributed by atoms with Crippen LogP contribution in [0.4, 0.5) is 8.78 Å². The number of halogens is 6. The van der Waals surface area contributed by atoms with Crippen LogP contribution in [0.2, 0.25) is 10.0 Å². The predicted octanol–water partition coefficient (Wildman–Crippen LogP) is 5.83. The lowest BCUT2D eigenvalue weighted by atomic mass is 10.3. The SMILES string of the molecule is Oc1cc(Cl)c(OCCCCOCC=C(Cl)C(F)(F)Cl)c(Cl)c1. The van der Waals surface area contributed by atoms with E-state index in [2.05, 4.69) is 0 Å². The van der Waals surface area contributed by atoms with Gasteiger partial charge in [-0.05, 0) is 30.5 Å². The largest absolute Gasteiger partial charge is 0.508 e. The van der Waals surface area contributed by atoms with Crippen LogP contribution in [-0.4, -0.2) is 30.3 Å². The molecule has 1 rings (SSSR count). The second-order valence-corrected chi connectivity index (χ2v) is 6.12. The first-order valence-corrected chi connectivity index (χ1v) is 8.04. The topological polar surface area (TPSA) is 38.7 Å². The fraction of sp³-hybridized carbons (Fsp3) is 0.429. The molecule has 0 aliphatic carbocycles. The van der Waals surface area contributed by atoms with Crippen molar-refractivity contribution in [1.29, 1.82) is 0 Å². The van der Waals surface area contributed by atoms with Crippen LogP contribution in [0.1, 0.15) is 12.8 Å². The highest BCUT2D eigenvalue weighted by atomic mass is 35.5. The molecule has 0 aliphatic rings. The molecule has 1 aromatic rings. The van der Waals surface area contributed by atoms with E-state index in [1.807, 2.05) is 0 Å². The van der Waals surface area contributed by atoms with Gasteiger partial charge in [0.25, 0.3) is 0 Å². The molecule has 3 nitrogen and oxygen atoms in total. The summed E-state index contributed by atoms with van der Waals surface area (Å²) in [6, 6.07) is 2.66. The Bertz CT molecular complexity index is 524. The minimum Gasteiger partial charge on any atom is -0.508 e. The fourth-order valence-corrected chi connectivity index (χ4v) is 2.22. The second-order valence-electron chi connectivity index (χ2n) is 4.42. The average molecular weight is 410 g/mol. The van der Waals surface area contributed by atoms with Crippen LogP contribution in [0, 0.1) is 0 Å². The van der Waals surface area contributed by atoms with Gasteiger partial charge >= 0.3 is 5.38 Å². The molecule has 0 aliphatic heterocycles. The minimum atomic E-state index is -3.57. The minimum absolute atomic E-state index is 0.0463. The molecule has 1 aromatic carbocycles. The molecule has 23 heavy (non-hydrogen) atoms. The quantitative estimate of drug-likeness (QED) is 0.412. The lowest BCUT2D eigenvalue weighted by molar-refractivity contribution is 0.136. The molecular formula is C14H14Cl4F2O3. The summed E-state index contributed by atoms with van der Waals surface area (Å²) in [6.07, 6.45) is 2.29. The van der Waals surface area contributed by atoms with E-state index in [0.717, 1.165) is 6.08 Å². The maximum atomic E-state index is 12.5. The van der Waals surface area contributed by atoms with Crippen LogP contribution in [0.25, 0.3) is 0 Å². The standard InChI is InChI=1S/C14H14Cl4F2O3/c15-10-7-9(21)8-11(16)13(10)23-5-2-1-4-22-6-3-12(17)14(18,19)20/h3,7-8,21H,1-2,4-6H2. The molecule has 0 aromatic heterocycles. The van der Waals surface area contributed by atoms with E-state index in [0.29, 0.717) is 31.8 Å². The number of aromatic hydroxyl groups is 1. The van der Waals surface area contributed by atoms with Crippen LogP contribution < -0.4 is 4.74 Å². The van der Waals surface area contributed by atoms with Crippen molar-refractivity contribution in [1.82, 2.24) is 0 Å². The molecule has 0 bridgehead atoms. The van der Waals surface area contributed by atoms with E-state index in [-0.39, 0.29) is 22.4 Å². The number of phenols is 1. The molecule has 130 valence electrons. The van der Waals surface area contributed by atoms with Crippen molar-refractivity contribution in [2.45, 2.75) is 18.2 Å². The lowest BCUT2D eigenvalue weighted by Crippen LogP contribution is -2.07. The Hall–Kier alpha value is -0.460. The van der Waals surface area contributed by atoms with Gasteiger partial charge in [0.2, 0.25) is 0 Å². The predicted molar refractivity (Wildman–Crippen MR) is 88.4 cm³/mol. The lowest BCUT2D eigenvalue weighted by Gasteiger charge is -2.10. The third-order valence-corrected chi connectivity index (χ3v) is 3.82. The van der Waals surface area contributed by atoms with Crippen molar-refractivity contribution in [3.8, 4) is 11.5 Å². The zero-order valence-corrected chi connectivity index (χ0v) is 14.8. The first kappa shape index (κ1) is 20.6. The summed E-state index contributed by atoms with van der Waals surface area (Å²) in [7, 11) is 0. The van der Waals surface area contributed by atoms with Gasteiger partial charge in [-0.15, -0.1) is 0 Å². The van der Waals surface area contributed by atoms with Crippen molar-refractivity contribution in [2.24, 2.45) is 0 Å². The van der Waals surface area contributed by atoms with E-state index in [9.17, 15) is 13.9 Å². The summed E-state index contributed by atoms with van der Waals surface area (Å²) in [5.41, 5.74) is 0. The average Bonchev–Trinajstić information content (AvgIpc) is 2.42. The van der Waals surface area contributed by atoms with Crippen LogP contribution in [-0.2, 0) is 4.74 Å². The molecular weight excluding hydrogens is 396 g/mol. The highest BCUT2D eigenvalue weighted by Crippen LogP contribution is 2.36. The Balaban J connectivity index is 2.20. The van der Waals surface area contributed by atoms with Crippen molar-refractivity contribution in [3.63, 3.8) is 0 Å². The Morgan fingerprint density at radius 3 is 2.30 bits per heavy atom. The molecule has 0 saturated heterocycles. The van der Waals surface area contributed by atoms with Crippen molar-refractivity contribution >= 4 is 46.4 Å². The van der Waals surface area contributed by atoms with Crippen LogP contribution in [0.15, 0.2) is 23.2 Å². The summed E-state index contributed by atoms with van der Waals surface area (Å²) in [5, 5.41) is 5.39. The zero-order chi connectivity index (χ0) is 17.5. The molecule has 0 saturated carbocycles. The summed E-state index contributed by atoms with van der Waals surface area (Å²) >= 11 is 21.8. The van der Waals surface area contributed by atoms with Gasteiger partial charge in [-0.1, -0.05) is 34.8 Å². The number of unbranched alkanes of at least 4 members (excludes halogenated alkanes) is 1. The van der Waals surface area contributed by atoms with Crippen molar-refractivity contribution in [2.75, 3.05) is 19.8 Å². The highest BCUT2D eigenvalue weighted by molar-refractivity contribution is 6.38. The second kappa shape index (κ2) is 9.74. The van der Waals surface area contributed by atoms with Crippen molar-refractivity contribution < 1.29 is 23.4 Å². The van der Waals surface area contributed by atoms with E-state index < -0.39 is 10.4 Å². The van der Waals surface area contributed by atoms with E-state index >= 15 is 0 Å². The first-order chi connectivity index (χ1) is 10.7. The summed E-state index contributed by atoms with van der Waals surface area (Å²) in [4.78, 5) is 0. The Morgan fingerprint density at radius 2 is 1.74 bits per heavy atom. The summed E-state index contributed by atoms with van der Waals surface area (Å²) in [5.74, 6) is 0.251. The third-order valence-electron chi connectivity index (χ3n) is 2.56. The monoisotopic (exact) mass is 408 g/mol. The van der Waals surface area contributed by atoms with Crippen molar-refractivity contribution in [3.05, 3.63) is 33.3 Å². The van der Waals surface area contributed by atoms with Gasteiger partial charge in [-0.2, -0.15) is 8.78 Å². The van der Waals surface area contributed by atoms with Gasteiger partial charge in [0.1, 0.15) is 10.8 Å². The fourth-order valence-electron chi connectivity index (χ4n) is 1.50. The van der Waals surface area contributed by atoms with Gasteiger partial charge < -0.3 is 14.6 Å². The number of allylic oxidation sites excluding steroid dienone is 1. The normalized spacial score (nSPS) is 12.5. The van der Waals surface area contributed by atoms with Gasteiger partial charge in [-0.25, -0.2) is 0 Å². The Labute approximate surface area is 152 Å². The molecule has 0 radical (unpaired) electrons. The zero-order valence-electron chi connectivity index (χ0n) is 11.8. The third kappa shape index (κ3) is 7.77. The molecule has 0 fully saturated rings. The van der Waals surface area contributed by atoms with E-state index in [1.165, 1.54) is 12.1 Å². The van der Waals surface area contributed by atoms with Crippen LogP contribution in [0.5, 0.6) is 11.5 Å². The number of benzene rings is 1. The van der Waals surface area contributed by atoms with E-state index in [4.69, 9.17) is 55.9 Å². The molecule has 0 atom stereocenters. The maximum absolute atomic E-state index is 12.5. The Kier molecular flexibility index (Phi) is 8.72. The first-order valence-electron chi connectivity index (χ1n) is 6.53. The number of alkyl halides is 3. The number of hydrogen-bond donors (Lipinski definition) is 1. The van der Waals surface area contributed by atoms with Gasteiger partial charge in [-0.3, -0.25) is 0 Å². The number of rotatable bonds is 9. The van der Waals surface area contributed by atoms with Crippen LogP contribution in [0.3, 0.4) is 0 Å². The number of phenolic OH excluding ortho intramolecular Hbond substituents is 1. The van der Waals surface area contributed by atoms with Gasteiger partial charge in [0.15, 0.2) is 5.75 Å². The summed E-state index contributed by atoms with van der Waals surface area (Å²) < 4.78 is 35.6. The molecule has 0 heterocycles. The van der Waals surface area contributed by atoms with Gasteiger partial charge in [0.05, 0.1) is 23.3 Å². The molecule has 0 amide bonds. The van der Waals surface area contributed by atoms with Crippen LogP contribution >= 0.6 is 46.4 Å². The Morgan fingerprint density at radius 1 is 1.17 bits per heavy atom. The molecule has 0 unspecified atom stereocenters. The summed E-state index contributed by atoms with van der Waals surface area (Å²) in [6.45, 7) is 0.621. The highest BCUT2D eigenvalue weighted by Gasteiger charge is 2.29.